The minimum absolute atomic E-state index is 0.279. The van der Waals surface area contributed by atoms with Crippen LogP contribution >= 0.6 is 0 Å². The number of fused-ring (bicyclic) bond motifs is 1. The quantitative estimate of drug-likeness (QED) is 0.778. The monoisotopic (exact) mass is 275 g/mol. The predicted molar refractivity (Wildman–Crippen MR) is 81.7 cm³/mol. The highest BCUT2D eigenvalue weighted by molar-refractivity contribution is 5.42. The highest BCUT2D eigenvalue weighted by Crippen LogP contribution is 2.13. The Morgan fingerprint density at radius 2 is 2.20 bits per heavy atom. The highest BCUT2D eigenvalue weighted by atomic mass is 16.3. The number of rotatable bonds is 8. The molecule has 1 atom stereocenters. The van der Waals surface area contributed by atoms with E-state index in [1.807, 2.05) is 18.2 Å². The number of nitrogens with one attached hydrogen (secondary N) is 1. The first-order chi connectivity index (χ1) is 9.76. The molecule has 0 aliphatic rings. The zero-order valence-electron chi connectivity index (χ0n) is 12.5. The Bertz CT molecular complexity index is 530. The van der Waals surface area contributed by atoms with Crippen LogP contribution in [-0.2, 0) is 6.54 Å². The Morgan fingerprint density at radius 3 is 2.95 bits per heavy atom. The molecule has 0 spiro atoms. The standard InChI is InChI=1S/C16H25N3O/c1-3-6-14(8-10-20)11-17-12-15-13(2)18-16-7-4-5-9-19(15)16/h4-5,7,9,14,17,20H,3,6,8,10-12H2,1-2H3. The molecule has 0 amide bonds. The number of hydrogen-bond acceptors (Lipinski definition) is 3. The van der Waals surface area contributed by atoms with Crippen molar-refractivity contribution in [3.63, 3.8) is 0 Å². The van der Waals surface area contributed by atoms with E-state index >= 15 is 0 Å². The van der Waals surface area contributed by atoms with Gasteiger partial charge in [0.2, 0.25) is 0 Å². The van der Waals surface area contributed by atoms with Gasteiger partial charge in [-0.2, -0.15) is 0 Å². The fourth-order valence-electron chi connectivity index (χ4n) is 2.71. The van der Waals surface area contributed by atoms with Gasteiger partial charge in [0.15, 0.2) is 0 Å². The van der Waals surface area contributed by atoms with E-state index in [2.05, 4.69) is 34.7 Å². The van der Waals surface area contributed by atoms with Crippen LogP contribution in [0.25, 0.3) is 5.65 Å². The van der Waals surface area contributed by atoms with Gasteiger partial charge in [-0.25, -0.2) is 4.98 Å². The van der Waals surface area contributed by atoms with Crippen LogP contribution in [0.4, 0.5) is 0 Å². The molecule has 110 valence electrons. The molecule has 0 saturated carbocycles. The Kier molecular flexibility index (Phi) is 5.56. The summed E-state index contributed by atoms with van der Waals surface area (Å²) in [6, 6.07) is 6.07. The van der Waals surface area contributed by atoms with E-state index in [4.69, 9.17) is 5.11 Å². The minimum atomic E-state index is 0.279. The molecule has 0 aromatic carbocycles. The molecule has 2 N–H and O–H groups in total. The first-order valence-electron chi connectivity index (χ1n) is 7.50. The summed E-state index contributed by atoms with van der Waals surface area (Å²) in [5, 5.41) is 12.6. The topological polar surface area (TPSA) is 49.6 Å². The van der Waals surface area contributed by atoms with Crippen LogP contribution in [-0.4, -0.2) is 27.6 Å². The number of imidazole rings is 1. The van der Waals surface area contributed by atoms with E-state index < -0.39 is 0 Å². The third-order valence-electron chi connectivity index (χ3n) is 3.79. The molecule has 2 rings (SSSR count). The van der Waals surface area contributed by atoms with Crippen molar-refractivity contribution in [3.05, 3.63) is 35.8 Å². The predicted octanol–water partition coefficient (Wildman–Crippen LogP) is 2.53. The van der Waals surface area contributed by atoms with Crippen molar-refractivity contribution < 1.29 is 5.11 Å². The first-order valence-corrected chi connectivity index (χ1v) is 7.50. The van der Waals surface area contributed by atoms with Gasteiger partial charge in [-0.1, -0.05) is 19.4 Å². The van der Waals surface area contributed by atoms with Crippen molar-refractivity contribution in [3.8, 4) is 0 Å². The van der Waals surface area contributed by atoms with E-state index in [1.54, 1.807) is 0 Å². The lowest BCUT2D eigenvalue weighted by Crippen LogP contribution is -2.24. The number of aliphatic hydroxyl groups excluding tert-OH is 1. The van der Waals surface area contributed by atoms with Crippen LogP contribution in [0.15, 0.2) is 24.4 Å². The normalized spacial score (nSPS) is 12.9. The van der Waals surface area contributed by atoms with E-state index in [0.717, 1.165) is 30.9 Å². The average Bonchev–Trinajstić information content (AvgIpc) is 2.76. The van der Waals surface area contributed by atoms with Crippen molar-refractivity contribution in [2.75, 3.05) is 13.2 Å². The molecule has 0 bridgehead atoms. The molecule has 4 heteroatoms. The van der Waals surface area contributed by atoms with Gasteiger partial charge in [0.25, 0.3) is 0 Å². The summed E-state index contributed by atoms with van der Waals surface area (Å²) in [7, 11) is 0. The Morgan fingerprint density at radius 1 is 1.35 bits per heavy atom. The van der Waals surface area contributed by atoms with E-state index in [1.165, 1.54) is 18.5 Å². The molecular weight excluding hydrogens is 250 g/mol. The molecule has 20 heavy (non-hydrogen) atoms. The van der Waals surface area contributed by atoms with Crippen molar-refractivity contribution >= 4 is 5.65 Å². The Balaban J connectivity index is 1.97. The number of pyridine rings is 1. The molecule has 2 aromatic rings. The molecule has 1 unspecified atom stereocenters. The zero-order chi connectivity index (χ0) is 14.4. The summed E-state index contributed by atoms with van der Waals surface area (Å²) in [5.74, 6) is 0.560. The Labute approximate surface area is 120 Å². The van der Waals surface area contributed by atoms with Crippen molar-refractivity contribution in [2.45, 2.75) is 39.7 Å². The largest absolute Gasteiger partial charge is 0.396 e. The van der Waals surface area contributed by atoms with Crippen LogP contribution in [0.5, 0.6) is 0 Å². The SMILES string of the molecule is CCCC(CCO)CNCc1c(C)nc2ccccn12. The third kappa shape index (κ3) is 3.58. The fraction of sp³-hybridized carbons (Fsp3) is 0.562. The lowest BCUT2D eigenvalue weighted by atomic mass is 10.0. The Hall–Kier alpha value is -1.39. The van der Waals surface area contributed by atoms with Gasteiger partial charge in [0.1, 0.15) is 5.65 Å². The molecule has 0 fully saturated rings. The smallest absolute Gasteiger partial charge is 0.137 e. The maximum absolute atomic E-state index is 9.09. The average molecular weight is 275 g/mol. The zero-order valence-corrected chi connectivity index (χ0v) is 12.5. The van der Waals surface area contributed by atoms with Crippen molar-refractivity contribution in [1.29, 1.82) is 0 Å². The van der Waals surface area contributed by atoms with Gasteiger partial charge in [-0.15, -0.1) is 0 Å². The summed E-state index contributed by atoms with van der Waals surface area (Å²) >= 11 is 0. The molecule has 2 aromatic heterocycles. The van der Waals surface area contributed by atoms with Crippen LogP contribution in [0.2, 0.25) is 0 Å². The second kappa shape index (κ2) is 7.41. The molecule has 0 aliphatic carbocycles. The molecule has 0 aliphatic heterocycles. The fourth-order valence-corrected chi connectivity index (χ4v) is 2.71. The van der Waals surface area contributed by atoms with Gasteiger partial charge in [0.05, 0.1) is 11.4 Å². The third-order valence-corrected chi connectivity index (χ3v) is 3.79. The van der Waals surface area contributed by atoms with Crippen LogP contribution < -0.4 is 5.32 Å². The number of aliphatic hydroxyl groups is 1. The van der Waals surface area contributed by atoms with Crippen molar-refractivity contribution in [1.82, 2.24) is 14.7 Å². The maximum atomic E-state index is 9.09. The summed E-state index contributed by atoms with van der Waals surface area (Å²) in [5.41, 5.74) is 3.31. The van der Waals surface area contributed by atoms with Gasteiger partial charge >= 0.3 is 0 Å². The molecule has 0 saturated heterocycles. The molecule has 2 heterocycles. The summed E-state index contributed by atoms with van der Waals surface area (Å²) < 4.78 is 2.14. The lowest BCUT2D eigenvalue weighted by molar-refractivity contribution is 0.248. The van der Waals surface area contributed by atoms with Crippen LogP contribution in [0, 0.1) is 12.8 Å². The molecular formula is C16H25N3O. The van der Waals surface area contributed by atoms with E-state index in [0.29, 0.717) is 5.92 Å². The van der Waals surface area contributed by atoms with Crippen molar-refractivity contribution in [2.24, 2.45) is 5.92 Å². The van der Waals surface area contributed by atoms with E-state index in [-0.39, 0.29) is 6.61 Å². The summed E-state index contributed by atoms with van der Waals surface area (Å²) in [6.07, 6.45) is 5.28. The molecule has 4 nitrogen and oxygen atoms in total. The number of aryl methyl sites for hydroxylation is 1. The van der Waals surface area contributed by atoms with Gasteiger partial charge in [-0.3, -0.25) is 0 Å². The number of aromatic nitrogens is 2. The molecule has 0 radical (unpaired) electrons. The van der Waals surface area contributed by atoms with Crippen LogP contribution in [0.1, 0.15) is 37.6 Å². The second-order valence-electron chi connectivity index (χ2n) is 5.37. The van der Waals surface area contributed by atoms with Gasteiger partial charge in [0, 0.05) is 19.3 Å². The van der Waals surface area contributed by atoms with Crippen LogP contribution in [0.3, 0.4) is 0 Å². The van der Waals surface area contributed by atoms with Gasteiger partial charge in [-0.05, 0) is 44.4 Å². The van der Waals surface area contributed by atoms with E-state index in [9.17, 15) is 0 Å². The number of hydrogen-bond donors (Lipinski definition) is 2. The second-order valence-corrected chi connectivity index (χ2v) is 5.37. The van der Waals surface area contributed by atoms with Gasteiger partial charge < -0.3 is 14.8 Å². The highest BCUT2D eigenvalue weighted by Gasteiger charge is 2.10. The number of nitrogens with zero attached hydrogens (tertiary/aromatic N) is 2. The minimum Gasteiger partial charge on any atom is -0.396 e. The summed E-state index contributed by atoms with van der Waals surface area (Å²) in [4.78, 5) is 4.57. The first kappa shape index (κ1) is 15.0. The maximum Gasteiger partial charge on any atom is 0.137 e. The lowest BCUT2D eigenvalue weighted by Gasteiger charge is -2.15. The summed E-state index contributed by atoms with van der Waals surface area (Å²) in [6.45, 7) is 6.30.